The van der Waals surface area contributed by atoms with Gasteiger partial charge in [0.05, 0.1) is 7.11 Å². The number of rotatable bonds is 4. The van der Waals surface area contributed by atoms with Crippen molar-refractivity contribution in [3.8, 4) is 5.88 Å². The summed E-state index contributed by atoms with van der Waals surface area (Å²) in [5.41, 5.74) is 7.20. The van der Waals surface area contributed by atoms with E-state index >= 15 is 0 Å². The van der Waals surface area contributed by atoms with Crippen LogP contribution in [0.25, 0.3) is 11.2 Å². The van der Waals surface area contributed by atoms with Gasteiger partial charge in [0, 0.05) is 32.4 Å². The molecule has 104 valence electrons. The molecule has 0 unspecified atom stereocenters. The van der Waals surface area contributed by atoms with Crippen LogP contribution in [0.5, 0.6) is 5.88 Å². The maximum absolute atomic E-state index is 5.96. The zero-order valence-corrected chi connectivity index (χ0v) is 11.3. The van der Waals surface area contributed by atoms with Crippen molar-refractivity contribution < 1.29 is 4.74 Å². The minimum Gasteiger partial charge on any atom is -0.479 e. The molecular weight excluding hydrogens is 258 g/mol. The number of hydrogen-bond acceptors (Lipinski definition) is 6. The van der Waals surface area contributed by atoms with Gasteiger partial charge >= 0.3 is 0 Å². The Morgan fingerprint density at radius 1 is 1.30 bits per heavy atom. The number of aromatic nitrogens is 6. The van der Waals surface area contributed by atoms with E-state index in [2.05, 4.69) is 19.9 Å². The molecule has 8 nitrogen and oxygen atoms in total. The SMILES string of the molecule is COc1ncnc2c1nc(N)n2CCc1nccn1C. The molecule has 0 radical (unpaired) electrons. The maximum Gasteiger partial charge on any atom is 0.245 e. The first-order chi connectivity index (χ1) is 9.70. The molecule has 0 bridgehead atoms. The van der Waals surface area contributed by atoms with E-state index in [-0.39, 0.29) is 0 Å². The summed E-state index contributed by atoms with van der Waals surface area (Å²) in [5.74, 6) is 1.80. The van der Waals surface area contributed by atoms with E-state index in [1.807, 2.05) is 22.4 Å². The van der Waals surface area contributed by atoms with E-state index in [1.54, 1.807) is 13.3 Å². The quantitative estimate of drug-likeness (QED) is 0.738. The second kappa shape index (κ2) is 4.80. The van der Waals surface area contributed by atoms with Gasteiger partial charge < -0.3 is 15.0 Å². The zero-order valence-electron chi connectivity index (χ0n) is 11.3. The van der Waals surface area contributed by atoms with Crippen molar-refractivity contribution in [1.29, 1.82) is 0 Å². The number of imidazole rings is 2. The van der Waals surface area contributed by atoms with Crippen molar-refractivity contribution in [1.82, 2.24) is 29.1 Å². The largest absolute Gasteiger partial charge is 0.479 e. The third-order valence-corrected chi connectivity index (χ3v) is 3.20. The molecule has 0 aliphatic carbocycles. The minimum atomic E-state index is 0.396. The summed E-state index contributed by atoms with van der Waals surface area (Å²) < 4.78 is 8.98. The molecule has 0 amide bonds. The number of nitrogens with two attached hydrogens (primary N) is 1. The van der Waals surface area contributed by atoms with Crippen molar-refractivity contribution in [2.45, 2.75) is 13.0 Å². The molecule has 3 aromatic heterocycles. The molecule has 20 heavy (non-hydrogen) atoms. The predicted molar refractivity (Wildman–Crippen MR) is 73.2 cm³/mol. The molecule has 3 heterocycles. The number of methoxy groups -OCH3 is 1. The molecule has 3 aromatic rings. The van der Waals surface area contributed by atoms with Crippen LogP contribution in [0.15, 0.2) is 18.7 Å². The number of aryl methyl sites for hydroxylation is 3. The molecule has 0 saturated carbocycles. The number of anilines is 1. The molecule has 0 saturated heterocycles. The number of ether oxygens (including phenoxy) is 1. The fourth-order valence-corrected chi connectivity index (χ4v) is 2.15. The summed E-state index contributed by atoms with van der Waals surface area (Å²) in [6.45, 7) is 0.646. The Balaban J connectivity index is 1.95. The van der Waals surface area contributed by atoms with Gasteiger partial charge in [-0.05, 0) is 0 Å². The van der Waals surface area contributed by atoms with Crippen molar-refractivity contribution in [2.24, 2.45) is 7.05 Å². The maximum atomic E-state index is 5.96. The van der Waals surface area contributed by atoms with E-state index in [0.29, 0.717) is 29.5 Å². The van der Waals surface area contributed by atoms with E-state index < -0.39 is 0 Å². The van der Waals surface area contributed by atoms with Crippen molar-refractivity contribution in [3.63, 3.8) is 0 Å². The van der Waals surface area contributed by atoms with Gasteiger partial charge in [-0.25, -0.2) is 15.0 Å². The van der Waals surface area contributed by atoms with Gasteiger partial charge in [0.1, 0.15) is 12.2 Å². The highest BCUT2D eigenvalue weighted by molar-refractivity contribution is 5.78. The van der Waals surface area contributed by atoms with Gasteiger partial charge in [0.2, 0.25) is 11.8 Å². The second-order valence-corrected chi connectivity index (χ2v) is 4.38. The predicted octanol–water partition coefficient (Wildman–Crippen LogP) is 0.393. The van der Waals surface area contributed by atoms with Crippen LogP contribution < -0.4 is 10.5 Å². The normalized spacial score (nSPS) is 11.1. The molecule has 0 aliphatic heterocycles. The van der Waals surface area contributed by atoms with E-state index in [0.717, 1.165) is 12.2 Å². The molecule has 0 atom stereocenters. The number of hydrogen-bond donors (Lipinski definition) is 1. The summed E-state index contributed by atoms with van der Waals surface area (Å²) in [6, 6.07) is 0. The summed E-state index contributed by atoms with van der Waals surface area (Å²) in [5, 5.41) is 0. The zero-order chi connectivity index (χ0) is 14.1. The molecule has 3 rings (SSSR count). The van der Waals surface area contributed by atoms with Gasteiger partial charge in [-0.15, -0.1) is 0 Å². The first kappa shape index (κ1) is 12.4. The van der Waals surface area contributed by atoms with E-state index in [9.17, 15) is 0 Å². The fraction of sp³-hybridized carbons (Fsp3) is 0.333. The first-order valence-corrected chi connectivity index (χ1v) is 6.17. The summed E-state index contributed by atoms with van der Waals surface area (Å²) in [7, 11) is 3.51. The lowest BCUT2D eigenvalue weighted by Crippen LogP contribution is -2.09. The Labute approximate surface area is 115 Å². The fourth-order valence-electron chi connectivity index (χ4n) is 2.15. The smallest absolute Gasteiger partial charge is 0.245 e. The van der Waals surface area contributed by atoms with Crippen LogP contribution in [0.3, 0.4) is 0 Å². The second-order valence-electron chi connectivity index (χ2n) is 4.38. The Morgan fingerprint density at radius 3 is 2.85 bits per heavy atom. The number of fused-ring (bicyclic) bond motifs is 1. The minimum absolute atomic E-state index is 0.396. The molecular formula is C12H15N7O. The molecule has 2 N–H and O–H groups in total. The third-order valence-electron chi connectivity index (χ3n) is 3.20. The van der Waals surface area contributed by atoms with Crippen molar-refractivity contribution in [3.05, 3.63) is 24.5 Å². The van der Waals surface area contributed by atoms with Crippen LogP contribution in [0.4, 0.5) is 5.95 Å². The molecule has 0 aliphatic rings. The van der Waals surface area contributed by atoms with E-state index in [4.69, 9.17) is 10.5 Å². The van der Waals surface area contributed by atoms with Gasteiger partial charge in [-0.2, -0.15) is 4.98 Å². The topological polar surface area (TPSA) is 96.7 Å². The van der Waals surface area contributed by atoms with Crippen LogP contribution >= 0.6 is 0 Å². The molecule has 8 heteroatoms. The lowest BCUT2D eigenvalue weighted by atomic mass is 10.4. The van der Waals surface area contributed by atoms with Crippen LogP contribution in [-0.2, 0) is 20.0 Å². The lowest BCUT2D eigenvalue weighted by molar-refractivity contribution is 0.401. The van der Waals surface area contributed by atoms with Crippen LogP contribution in [0.2, 0.25) is 0 Å². The highest BCUT2D eigenvalue weighted by atomic mass is 16.5. The van der Waals surface area contributed by atoms with E-state index in [1.165, 1.54) is 6.33 Å². The standard InChI is InChI=1S/C12H15N7O/c1-18-6-4-14-8(18)3-5-19-10-9(17-12(19)13)11(20-2)16-7-15-10/h4,6-7H,3,5H2,1-2H3,(H2,13,17). The van der Waals surface area contributed by atoms with Gasteiger partial charge in [0.25, 0.3) is 0 Å². The molecule has 0 fully saturated rings. The van der Waals surface area contributed by atoms with Crippen LogP contribution in [0, 0.1) is 0 Å². The lowest BCUT2D eigenvalue weighted by Gasteiger charge is -2.06. The van der Waals surface area contributed by atoms with Crippen LogP contribution in [0.1, 0.15) is 5.82 Å². The Bertz CT molecular complexity index is 745. The Hall–Kier alpha value is -2.64. The number of nitrogens with zero attached hydrogens (tertiary/aromatic N) is 6. The highest BCUT2D eigenvalue weighted by Gasteiger charge is 2.14. The van der Waals surface area contributed by atoms with Crippen LogP contribution in [-0.4, -0.2) is 36.2 Å². The Morgan fingerprint density at radius 2 is 2.15 bits per heavy atom. The summed E-state index contributed by atoms with van der Waals surface area (Å²) >= 11 is 0. The van der Waals surface area contributed by atoms with Gasteiger partial charge in [-0.3, -0.25) is 4.57 Å². The van der Waals surface area contributed by atoms with Gasteiger partial charge in [0.15, 0.2) is 11.2 Å². The monoisotopic (exact) mass is 273 g/mol. The van der Waals surface area contributed by atoms with Crippen molar-refractivity contribution in [2.75, 3.05) is 12.8 Å². The number of nitrogen functional groups attached to an aromatic ring is 1. The average molecular weight is 273 g/mol. The molecule has 0 aromatic carbocycles. The van der Waals surface area contributed by atoms with Crippen molar-refractivity contribution >= 4 is 17.1 Å². The molecule has 0 spiro atoms. The summed E-state index contributed by atoms with van der Waals surface area (Å²) in [6.07, 6.45) is 5.87. The highest BCUT2D eigenvalue weighted by Crippen LogP contribution is 2.22. The summed E-state index contributed by atoms with van der Waals surface area (Å²) in [4.78, 5) is 16.8. The Kier molecular flexibility index (Phi) is 2.97. The average Bonchev–Trinajstić information content (AvgIpc) is 2.99. The first-order valence-electron chi connectivity index (χ1n) is 6.17. The van der Waals surface area contributed by atoms with Gasteiger partial charge in [-0.1, -0.05) is 0 Å². The third kappa shape index (κ3) is 1.94.